The Labute approximate surface area is 204 Å². The van der Waals surface area contributed by atoms with Gasteiger partial charge in [0, 0.05) is 5.56 Å². The highest BCUT2D eigenvalue weighted by atomic mass is 32.2. The Kier molecular flexibility index (Phi) is 6.30. The number of halogens is 2. The van der Waals surface area contributed by atoms with Crippen LogP contribution in [0.2, 0.25) is 0 Å². The molecular formula is C24H21F2N3O4S2. The van der Waals surface area contributed by atoms with Crippen molar-refractivity contribution in [1.29, 1.82) is 0 Å². The number of fused-ring (bicyclic) bond motifs is 2. The van der Waals surface area contributed by atoms with E-state index in [1.165, 1.54) is 35.6 Å². The van der Waals surface area contributed by atoms with Gasteiger partial charge in [-0.25, -0.2) is 26.9 Å². The number of methoxy groups -OCH3 is 1. The molecule has 0 aliphatic carbocycles. The number of hydrogen-bond donors (Lipinski definition) is 2. The minimum absolute atomic E-state index is 0.00233. The molecule has 0 bridgehead atoms. The molecule has 182 valence electrons. The van der Waals surface area contributed by atoms with Gasteiger partial charge < -0.3 is 14.8 Å². The van der Waals surface area contributed by atoms with E-state index in [0.717, 1.165) is 5.56 Å². The van der Waals surface area contributed by atoms with Crippen molar-refractivity contribution < 1.29 is 26.7 Å². The molecule has 0 amide bonds. The lowest BCUT2D eigenvalue weighted by atomic mass is 10.1. The molecule has 0 radical (unpaired) electrons. The Bertz CT molecular complexity index is 1480. The van der Waals surface area contributed by atoms with Crippen LogP contribution in [0, 0.1) is 5.82 Å². The standard InChI is InChI=1S/C24H21F2N3O4S2/c1-32-15-7-5-14(6-8-15)20(12-25)28-24-27-19-10-9-16(11-22(19)34-24)35(30,31)29-21-13-33-23-17(21)3-2-4-18(23)26/h2-11,20-21,29H,12-13H2,1H3,(H,27,28). The number of ether oxygens (including phenoxy) is 2. The average molecular weight is 518 g/mol. The Morgan fingerprint density at radius 1 is 1.20 bits per heavy atom. The fourth-order valence-electron chi connectivity index (χ4n) is 3.89. The average Bonchev–Trinajstić information content (AvgIpc) is 3.46. The molecule has 11 heteroatoms. The van der Waals surface area contributed by atoms with Crippen LogP contribution in [-0.2, 0) is 10.0 Å². The van der Waals surface area contributed by atoms with E-state index in [4.69, 9.17) is 9.47 Å². The van der Waals surface area contributed by atoms with Crippen molar-refractivity contribution in [2.24, 2.45) is 0 Å². The topological polar surface area (TPSA) is 89.5 Å². The molecule has 1 aromatic heterocycles. The predicted octanol–water partition coefficient (Wildman–Crippen LogP) is 4.98. The Balaban J connectivity index is 1.36. The minimum atomic E-state index is -3.92. The van der Waals surface area contributed by atoms with Crippen LogP contribution in [0.5, 0.6) is 11.5 Å². The van der Waals surface area contributed by atoms with Crippen LogP contribution in [0.4, 0.5) is 13.9 Å². The van der Waals surface area contributed by atoms with Gasteiger partial charge in [-0.2, -0.15) is 0 Å². The summed E-state index contributed by atoms with van der Waals surface area (Å²) < 4.78 is 67.5. The maximum Gasteiger partial charge on any atom is 0.241 e. The van der Waals surface area contributed by atoms with E-state index in [1.807, 2.05) is 0 Å². The van der Waals surface area contributed by atoms with E-state index >= 15 is 0 Å². The number of aromatic nitrogens is 1. The third kappa shape index (κ3) is 4.66. The van der Waals surface area contributed by atoms with Gasteiger partial charge in [0.15, 0.2) is 16.7 Å². The number of benzene rings is 3. The zero-order valence-corrected chi connectivity index (χ0v) is 20.1. The fraction of sp³-hybridized carbons (Fsp3) is 0.208. The summed E-state index contributed by atoms with van der Waals surface area (Å²) >= 11 is 1.23. The number of nitrogens with one attached hydrogen (secondary N) is 2. The molecule has 0 saturated carbocycles. The molecule has 4 aromatic rings. The van der Waals surface area contributed by atoms with Crippen molar-refractivity contribution in [3.8, 4) is 11.5 Å². The number of rotatable bonds is 8. The Morgan fingerprint density at radius 2 is 2.00 bits per heavy atom. The molecule has 2 heterocycles. The third-order valence-electron chi connectivity index (χ3n) is 5.70. The first-order chi connectivity index (χ1) is 16.9. The van der Waals surface area contributed by atoms with E-state index in [-0.39, 0.29) is 17.3 Å². The number of thiazole rings is 1. The van der Waals surface area contributed by atoms with Gasteiger partial charge >= 0.3 is 0 Å². The molecule has 0 saturated heterocycles. The number of nitrogens with zero attached hydrogens (tertiary/aromatic N) is 1. The second-order valence-corrected chi connectivity index (χ2v) is 10.7. The van der Waals surface area contributed by atoms with Gasteiger partial charge in [0.2, 0.25) is 10.0 Å². The zero-order chi connectivity index (χ0) is 24.6. The van der Waals surface area contributed by atoms with Crippen LogP contribution in [0.25, 0.3) is 10.2 Å². The Hall–Kier alpha value is -3.28. The smallest absolute Gasteiger partial charge is 0.241 e. The lowest BCUT2D eigenvalue weighted by molar-refractivity contribution is 0.312. The monoisotopic (exact) mass is 517 g/mol. The molecule has 2 unspecified atom stereocenters. The highest BCUT2D eigenvalue weighted by Gasteiger charge is 2.31. The molecule has 2 N–H and O–H groups in total. The predicted molar refractivity (Wildman–Crippen MR) is 130 cm³/mol. The summed E-state index contributed by atoms with van der Waals surface area (Å²) in [6.45, 7) is -0.653. The van der Waals surface area contributed by atoms with Crippen LogP contribution in [0.1, 0.15) is 23.2 Å². The minimum Gasteiger partial charge on any atom is -0.497 e. The van der Waals surface area contributed by atoms with Crippen LogP contribution >= 0.6 is 11.3 Å². The molecule has 0 fully saturated rings. The van der Waals surface area contributed by atoms with Gasteiger partial charge in [0.1, 0.15) is 19.0 Å². The number of sulfonamides is 1. The first kappa shape index (κ1) is 23.5. The maximum atomic E-state index is 13.9. The van der Waals surface area contributed by atoms with E-state index in [9.17, 15) is 17.2 Å². The second kappa shape index (κ2) is 9.40. The zero-order valence-electron chi connectivity index (χ0n) is 18.5. The van der Waals surface area contributed by atoms with Crippen molar-refractivity contribution in [1.82, 2.24) is 9.71 Å². The van der Waals surface area contributed by atoms with Gasteiger partial charge in [-0.15, -0.1) is 0 Å². The van der Waals surface area contributed by atoms with Crippen molar-refractivity contribution >= 4 is 36.7 Å². The van der Waals surface area contributed by atoms with Crippen molar-refractivity contribution in [3.05, 3.63) is 77.6 Å². The summed E-state index contributed by atoms with van der Waals surface area (Å²) in [5, 5.41) is 3.55. The summed E-state index contributed by atoms with van der Waals surface area (Å²) in [6.07, 6.45) is 0. The molecular weight excluding hydrogens is 496 g/mol. The number of anilines is 1. The van der Waals surface area contributed by atoms with Crippen molar-refractivity contribution in [2.45, 2.75) is 17.0 Å². The third-order valence-corrected chi connectivity index (χ3v) is 8.12. The first-order valence-electron chi connectivity index (χ1n) is 10.7. The van der Waals surface area contributed by atoms with Crippen molar-refractivity contribution in [2.75, 3.05) is 25.7 Å². The summed E-state index contributed by atoms with van der Waals surface area (Å²) in [6, 6.07) is 14.7. The van der Waals surface area contributed by atoms with Gasteiger partial charge in [0.05, 0.1) is 34.3 Å². The van der Waals surface area contributed by atoms with Crippen LogP contribution in [-0.4, -0.2) is 33.8 Å². The summed E-state index contributed by atoms with van der Waals surface area (Å²) in [7, 11) is -2.36. The van der Waals surface area contributed by atoms with E-state index < -0.39 is 34.6 Å². The van der Waals surface area contributed by atoms with Gasteiger partial charge in [0.25, 0.3) is 0 Å². The molecule has 0 spiro atoms. The molecule has 1 aliphatic rings. The summed E-state index contributed by atoms with van der Waals surface area (Å²) in [4.78, 5) is 4.51. The van der Waals surface area contributed by atoms with E-state index in [2.05, 4.69) is 15.0 Å². The van der Waals surface area contributed by atoms with E-state index in [1.54, 1.807) is 43.5 Å². The number of hydrogen-bond acceptors (Lipinski definition) is 7. The lowest BCUT2D eigenvalue weighted by Gasteiger charge is -2.15. The van der Waals surface area contributed by atoms with E-state index in [0.29, 0.717) is 26.7 Å². The summed E-state index contributed by atoms with van der Waals surface area (Å²) in [5.74, 6) is 0.205. The number of alkyl halides is 1. The van der Waals surface area contributed by atoms with Gasteiger partial charge in [-0.05, 0) is 42.0 Å². The molecule has 1 aliphatic heterocycles. The second-order valence-electron chi connectivity index (χ2n) is 7.92. The normalized spacial score (nSPS) is 16.0. The molecule has 35 heavy (non-hydrogen) atoms. The quantitative estimate of drug-likeness (QED) is 0.343. The molecule has 7 nitrogen and oxygen atoms in total. The van der Waals surface area contributed by atoms with Crippen molar-refractivity contribution in [3.63, 3.8) is 0 Å². The SMILES string of the molecule is COc1ccc(C(CF)Nc2nc3ccc(S(=O)(=O)NC4COc5c(F)cccc54)cc3s2)cc1. The lowest BCUT2D eigenvalue weighted by Crippen LogP contribution is -2.29. The van der Waals surface area contributed by atoms with Crippen LogP contribution in [0.15, 0.2) is 65.6 Å². The van der Waals surface area contributed by atoms with Crippen LogP contribution < -0.4 is 19.5 Å². The highest BCUT2D eigenvalue weighted by Crippen LogP contribution is 2.36. The molecule has 3 aromatic carbocycles. The van der Waals surface area contributed by atoms with Gasteiger partial charge in [-0.3, -0.25) is 0 Å². The first-order valence-corrected chi connectivity index (χ1v) is 13.0. The molecule has 5 rings (SSSR count). The fourth-order valence-corrected chi connectivity index (χ4v) is 6.15. The summed E-state index contributed by atoms with van der Waals surface area (Å²) in [5.41, 5.74) is 1.77. The van der Waals surface area contributed by atoms with Gasteiger partial charge in [-0.1, -0.05) is 35.6 Å². The molecule has 2 atom stereocenters. The van der Waals surface area contributed by atoms with Crippen LogP contribution in [0.3, 0.4) is 0 Å². The largest absolute Gasteiger partial charge is 0.497 e. The number of para-hydroxylation sites is 1. The Morgan fingerprint density at radius 3 is 2.74 bits per heavy atom. The highest BCUT2D eigenvalue weighted by molar-refractivity contribution is 7.89. The maximum absolute atomic E-state index is 13.9.